The highest BCUT2D eigenvalue weighted by molar-refractivity contribution is 6.30. The Bertz CT molecular complexity index is 478. The van der Waals surface area contributed by atoms with Gasteiger partial charge in [0.05, 0.1) is 6.54 Å². The van der Waals surface area contributed by atoms with Gasteiger partial charge in [-0.1, -0.05) is 23.7 Å². The molecule has 1 aliphatic rings. The monoisotopic (exact) mass is 315 g/mol. The Morgan fingerprint density at radius 3 is 2.35 bits per heavy atom. The van der Waals surface area contributed by atoms with E-state index < -0.39 is 0 Å². The molecule has 110 valence electrons. The second-order valence-corrected chi connectivity index (χ2v) is 4.90. The number of hydrogen-bond donors (Lipinski definition) is 2. The van der Waals surface area contributed by atoms with Crippen molar-refractivity contribution in [1.29, 1.82) is 0 Å². The second kappa shape index (κ2) is 7.97. The van der Waals surface area contributed by atoms with Crippen LogP contribution in [0, 0.1) is 0 Å². The van der Waals surface area contributed by atoms with Gasteiger partial charge in [-0.05, 0) is 30.5 Å². The van der Waals surface area contributed by atoms with Gasteiger partial charge >= 0.3 is 0 Å². The molecule has 0 amide bonds. The SMILES string of the molecule is Cl.NC(=NCc1ccc(Cl)cc1)N=C(N)N1CCCC1. The molecule has 0 spiro atoms. The van der Waals surface area contributed by atoms with Crippen LogP contribution in [0.1, 0.15) is 18.4 Å². The first kappa shape index (κ1) is 16.6. The first-order valence-electron chi connectivity index (χ1n) is 6.28. The minimum Gasteiger partial charge on any atom is -0.369 e. The molecule has 0 bridgehead atoms. The lowest BCUT2D eigenvalue weighted by molar-refractivity contribution is 0.514. The highest BCUT2D eigenvalue weighted by Crippen LogP contribution is 2.10. The van der Waals surface area contributed by atoms with Crippen LogP contribution in [0.15, 0.2) is 34.3 Å². The molecule has 4 N–H and O–H groups in total. The van der Waals surface area contributed by atoms with Gasteiger partial charge in [0.1, 0.15) is 0 Å². The molecule has 7 heteroatoms. The number of nitrogens with two attached hydrogens (primary N) is 2. The summed E-state index contributed by atoms with van der Waals surface area (Å²) in [5, 5.41) is 0.706. The molecular formula is C13H19Cl2N5. The number of rotatable bonds is 2. The van der Waals surface area contributed by atoms with Crippen LogP contribution in [-0.4, -0.2) is 29.9 Å². The summed E-state index contributed by atoms with van der Waals surface area (Å²) in [6.45, 7) is 2.36. The van der Waals surface area contributed by atoms with Crippen molar-refractivity contribution < 1.29 is 0 Å². The van der Waals surface area contributed by atoms with Gasteiger partial charge in [0.2, 0.25) is 5.96 Å². The summed E-state index contributed by atoms with van der Waals surface area (Å²) in [6, 6.07) is 7.47. The molecule has 0 radical (unpaired) electrons. The lowest BCUT2D eigenvalue weighted by Crippen LogP contribution is -2.36. The van der Waals surface area contributed by atoms with Gasteiger partial charge in [0.25, 0.3) is 0 Å². The van der Waals surface area contributed by atoms with E-state index in [0.29, 0.717) is 17.5 Å². The first-order chi connectivity index (χ1) is 9.15. The minimum absolute atomic E-state index is 0. The third-order valence-electron chi connectivity index (χ3n) is 3.00. The summed E-state index contributed by atoms with van der Waals surface area (Å²) in [4.78, 5) is 10.3. The highest BCUT2D eigenvalue weighted by atomic mass is 35.5. The molecule has 1 fully saturated rings. The maximum atomic E-state index is 5.87. The zero-order chi connectivity index (χ0) is 13.7. The Hall–Kier alpha value is -1.46. The zero-order valence-electron chi connectivity index (χ0n) is 11.1. The van der Waals surface area contributed by atoms with E-state index >= 15 is 0 Å². The van der Waals surface area contributed by atoms with E-state index in [1.807, 2.05) is 29.2 Å². The molecule has 20 heavy (non-hydrogen) atoms. The van der Waals surface area contributed by atoms with Crippen LogP contribution >= 0.6 is 24.0 Å². The van der Waals surface area contributed by atoms with Crippen LogP contribution in [0.5, 0.6) is 0 Å². The number of guanidine groups is 2. The van der Waals surface area contributed by atoms with Gasteiger partial charge < -0.3 is 16.4 Å². The Morgan fingerprint density at radius 1 is 1.15 bits per heavy atom. The highest BCUT2D eigenvalue weighted by Gasteiger charge is 2.13. The Kier molecular flexibility index (Phi) is 6.61. The number of likely N-dealkylation sites (tertiary alicyclic amines) is 1. The maximum Gasteiger partial charge on any atom is 0.218 e. The molecule has 0 unspecified atom stereocenters. The van der Waals surface area contributed by atoms with Crippen molar-refractivity contribution in [2.24, 2.45) is 21.5 Å². The summed E-state index contributed by atoms with van der Waals surface area (Å²) >= 11 is 5.81. The van der Waals surface area contributed by atoms with Crippen LogP contribution in [0.25, 0.3) is 0 Å². The molecule has 0 atom stereocenters. The predicted molar refractivity (Wildman–Crippen MR) is 86.5 cm³/mol. The fourth-order valence-electron chi connectivity index (χ4n) is 1.93. The van der Waals surface area contributed by atoms with E-state index in [4.69, 9.17) is 23.1 Å². The summed E-state index contributed by atoms with van der Waals surface area (Å²) in [6.07, 6.45) is 2.30. The van der Waals surface area contributed by atoms with Crippen molar-refractivity contribution in [2.45, 2.75) is 19.4 Å². The lowest BCUT2D eigenvalue weighted by atomic mass is 10.2. The standard InChI is InChI=1S/C13H18ClN5.ClH/c14-11-5-3-10(4-6-11)9-17-12(15)18-13(16)19-7-1-2-8-19;/h3-6H,1-2,7-9H2,(H4,15,16,17,18);1H. The van der Waals surface area contributed by atoms with Gasteiger partial charge in [0, 0.05) is 18.1 Å². The summed E-state index contributed by atoms with van der Waals surface area (Å²) in [5.41, 5.74) is 12.6. The normalized spacial score (nSPS) is 16.1. The molecule has 1 aromatic rings. The van der Waals surface area contributed by atoms with Gasteiger partial charge in [-0.25, -0.2) is 4.99 Å². The molecule has 1 aliphatic heterocycles. The topological polar surface area (TPSA) is 80.0 Å². The van der Waals surface area contributed by atoms with Crippen molar-refractivity contribution in [3.63, 3.8) is 0 Å². The molecule has 1 aromatic carbocycles. The lowest BCUT2D eigenvalue weighted by Gasteiger charge is -2.15. The Balaban J connectivity index is 0.00000200. The van der Waals surface area contributed by atoms with Crippen molar-refractivity contribution >= 4 is 35.9 Å². The van der Waals surface area contributed by atoms with Gasteiger partial charge in [0.15, 0.2) is 5.96 Å². The van der Waals surface area contributed by atoms with Crippen LogP contribution in [-0.2, 0) is 6.54 Å². The molecule has 0 aliphatic carbocycles. The smallest absolute Gasteiger partial charge is 0.218 e. The fourth-order valence-corrected chi connectivity index (χ4v) is 2.06. The molecule has 1 saturated heterocycles. The third kappa shape index (κ3) is 4.90. The van der Waals surface area contributed by atoms with Crippen LogP contribution in [0.4, 0.5) is 0 Å². The number of hydrogen-bond acceptors (Lipinski definition) is 1. The van der Waals surface area contributed by atoms with Gasteiger partial charge in [-0.3, -0.25) is 0 Å². The molecule has 0 saturated carbocycles. The van der Waals surface area contributed by atoms with E-state index in [9.17, 15) is 0 Å². The zero-order valence-corrected chi connectivity index (χ0v) is 12.7. The van der Waals surface area contributed by atoms with E-state index in [1.54, 1.807) is 0 Å². The van der Waals surface area contributed by atoms with Gasteiger partial charge in [-0.2, -0.15) is 4.99 Å². The second-order valence-electron chi connectivity index (χ2n) is 4.47. The first-order valence-corrected chi connectivity index (χ1v) is 6.66. The van der Waals surface area contributed by atoms with Crippen LogP contribution in [0.3, 0.4) is 0 Å². The maximum absolute atomic E-state index is 5.87. The van der Waals surface area contributed by atoms with E-state index in [1.165, 1.54) is 0 Å². The van der Waals surface area contributed by atoms with Crippen molar-refractivity contribution in [1.82, 2.24) is 4.90 Å². The summed E-state index contributed by atoms with van der Waals surface area (Å²) < 4.78 is 0. The average molecular weight is 316 g/mol. The quantitative estimate of drug-likeness (QED) is 0.647. The predicted octanol–water partition coefficient (Wildman–Crippen LogP) is 1.99. The molecular weight excluding hydrogens is 297 g/mol. The van der Waals surface area contributed by atoms with E-state index in [2.05, 4.69) is 9.98 Å². The molecule has 0 aromatic heterocycles. The molecule has 5 nitrogen and oxygen atoms in total. The number of halogens is 2. The van der Waals surface area contributed by atoms with Crippen molar-refractivity contribution in [3.8, 4) is 0 Å². The minimum atomic E-state index is 0. The average Bonchev–Trinajstić information content (AvgIpc) is 2.92. The van der Waals surface area contributed by atoms with Crippen LogP contribution in [0.2, 0.25) is 5.02 Å². The van der Waals surface area contributed by atoms with E-state index in [-0.39, 0.29) is 18.4 Å². The number of aliphatic imine (C=N–C) groups is 2. The Labute approximate surface area is 130 Å². The van der Waals surface area contributed by atoms with Gasteiger partial charge in [-0.15, -0.1) is 12.4 Å². The third-order valence-corrected chi connectivity index (χ3v) is 3.25. The van der Waals surface area contributed by atoms with Crippen molar-refractivity contribution in [3.05, 3.63) is 34.9 Å². The number of nitrogens with zero attached hydrogens (tertiary/aromatic N) is 3. The molecule has 2 rings (SSSR count). The fraction of sp³-hybridized carbons (Fsp3) is 0.385. The number of benzene rings is 1. The largest absolute Gasteiger partial charge is 0.369 e. The summed E-state index contributed by atoms with van der Waals surface area (Å²) in [5.74, 6) is 0.661. The van der Waals surface area contributed by atoms with E-state index in [0.717, 1.165) is 31.5 Å². The van der Waals surface area contributed by atoms with Crippen molar-refractivity contribution in [2.75, 3.05) is 13.1 Å². The Morgan fingerprint density at radius 2 is 1.75 bits per heavy atom. The van der Waals surface area contributed by atoms with Crippen LogP contribution < -0.4 is 11.5 Å². The summed E-state index contributed by atoms with van der Waals surface area (Å²) in [7, 11) is 0. The molecule has 1 heterocycles.